The number of aromatic nitrogens is 3. The number of carbonyl (C=O) groups excluding carboxylic acids is 2. The minimum absolute atomic E-state index is 0.185. The summed E-state index contributed by atoms with van der Waals surface area (Å²) in [5.74, 6) is -0.222. The number of imide groups is 1. The zero-order chi connectivity index (χ0) is 16.7. The Morgan fingerprint density at radius 1 is 1.00 bits per heavy atom. The van der Waals surface area contributed by atoms with Crippen molar-refractivity contribution in [1.82, 2.24) is 20.0 Å². The lowest BCUT2D eigenvalue weighted by Gasteiger charge is -2.18. The normalized spacial score (nSPS) is 14.8. The van der Waals surface area contributed by atoms with Crippen molar-refractivity contribution >= 4 is 11.8 Å². The first-order chi connectivity index (χ1) is 11.7. The summed E-state index contributed by atoms with van der Waals surface area (Å²) in [5.41, 5.74) is 1.33. The van der Waals surface area contributed by atoms with Gasteiger partial charge in [0.05, 0.1) is 11.1 Å². The number of hydrogen-bond acceptors (Lipinski definition) is 6. The Hall–Kier alpha value is -3.35. The number of hydrogen-bond donors (Lipinski definition) is 0. The molecule has 4 rings (SSSR count). The van der Waals surface area contributed by atoms with Crippen LogP contribution in [0.2, 0.25) is 0 Å². The molecule has 3 aromatic rings. The molecule has 0 radical (unpaired) electrons. The van der Waals surface area contributed by atoms with E-state index in [4.69, 9.17) is 4.52 Å². The zero-order valence-corrected chi connectivity index (χ0v) is 12.7. The molecular formula is C17H12N4O3. The van der Waals surface area contributed by atoms with Crippen LogP contribution in [-0.4, -0.2) is 31.8 Å². The smallest absolute Gasteiger partial charge is 0.262 e. The van der Waals surface area contributed by atoms with E-state index in [9.17, 15) is 9.59 Å². The van der Waals surface area contributed by atoms with E-state index < -0.39 is 6.04 Å². The molecule has 1 aliphatic rings. The Bertz CT molecular complexity index is 901. The van der Waals surface area contributed by atoms with Crippen LogP contribution in [0.1, 0.15) is 39.6 Å². The van der Waals surface area contributed by atoms with Crippen LogP contribution >= 0.6 is 0 Å². The second kappa shape index (κ2) is 5.38. The van der Waals surface area contributed by atoms with Crippen LogP contribution in [0.3, 0.4) is 0 Å². The molecule has 7 heteroatoms. The van der Waals surface area contributed by atoms with Gasteiger partial charge < -0.3 is 4.52 Å². The first kappa shape index (κ1) is 14.3. The van der Waals surface area contributed by atoms with Gasteiger partial charge in [-0.05, 0) is 31.2 Å². The largest absolute Gasteiger partial charge is 0.337 e. The first-order valence-corrected chi connectivity index (χ1v) is 7.39. The van der Waals surface area contributed by atoms with E-state index in [1.54, 1.807) is 49.5 Å². The van der Waals surface area contributed by atoms with E-state index in [0.29, 0.717) is 22.6 Å². The van der Waals surface area contributed by atoms with Gasteiger partial charge in [0.1, 0.15) is 11.7 Å². The van der Waals surface area contributed by atoms with Gasteiger partial charge in [0.15, 0.2) is 0 Å². The van der Waals surface area contributed by atoms with Crippen molar-refractivity contribution in [3.63, 3.8) is 0 Å². The van der Waals surface area contributed by atoms with Gasteiger partial charge in [-0.3, -0.25) is 19.5 Å². The summed E-state index contributed by atoms with van der Waals surface area (Å²) in [6.45, 7) is 1.68. The van der Waals surface area contributed by atoms with Crippen LogP contribution in [0.4, 0.5) is 0 Å². The summed E-state index contributed by atoms with van der Waals surface area (Å²) in [4.78, 5) is 34.6. The van der Waals surface area contributed by atoms with Crippen LogP contribution in [0.15, 0.2) is 53.2 Å². The van der Waals surface area contributed by atoms with Crippen molar-refractivity contribution in [3.05, 3.63) is 65.7 Å². The SMILES string of the molecule is C[C@H](c1nc(-c2ccccn2)no1)N1C(=O)c2ccccc2C1=O. The molecule has 0 saturated carbocycles. The van der Waals surface area contributed by atoms with Crippen molar-refractivity contribution in [2.24, 2.45) is 0 Å². The van der Waals surface area contributed by atoms with Crippen molar-refractivity contribution in [3.8, 4) is 11.5 Å². The molecule has 0 unspecified atom stereocenters. The van der Waals surface area contributed by atoms with Crippen LogP contribution in [0, 0.1) is 0 Å². The fraction of sp³-hybridized carbons (Fsp3) is 0.118. The molecule has 2 amide bonds. The van der Waals surface area contributed by atoms with Gasteiger partial charge in [-0.15, -0.1) is 0 Å². The van der Waals surface area contributed by atoms with Gasteiger partial charge in [0.2, 0.25) is 11.7 Å². The molecule has 2 aromatic heterocycles. The van der Waals surface area contributed by atoms with Gasteiger partial charge in [0, 0.05) is 6.20 Å². The van der Waals surface area contributed by atoms with E-state index in [1.165, 1.54) is 0 Å². The van der Waals surface area contributed by atoms with E-state index in [-0.39, 0.29) is 17.7 Å². The van der Waals surface area contributed by atoms with E-state index in [0.717, 1.165) is 4.90 Å². The van der Waals surface area contributed by atoms with E-state index >= 15 is 0 Å². The highest BCUT2D eigenvalue weighted by molar-refractivity contribution is 6.21. The molecule has 1 aromatic carbocycles. The Labute approximate surface area is 136 Å². The Kier molecular flexibility index (Phi) is 3.19. The Morgan fingerprint density at radius 2 is 1.67 bits per heavy atom. The lowest BCUT2D eigenvalue weighted by molar-refractivity contribution is 0.0568. The second-order valence-electron chi connectivity index (χ2n) is 5.37. The summed E-state index contributed by atoms with van der Waals surface area (Å²) in [6, 6.07) is 11.4. The summed E-state index contributed by atoms with van der Waals surface area (Å²) >= 11 is 0. The summed E-state index contributed by atoms with van der Waals surface area (Å²) < 4.78 is 5.24. The predicted molar refractivity (Wildman–Crippen MR) is 82.9 cm³/mol. The number of amides is 2. The average molecular weight is 320 g/mol. The Morgan fingerprint density at radius 3 is 2.29 bits per heavy atom. The molecule has 1 aliphatic heterocycles. The van der Waals surface area contributed by atoms with Crippen LogP contribution in [0.25, 0.3) is 11.5 Å². The number of benzene rings is 1. The highest BCUT2D eigenvalue weighted by atomic mass is 16.5. The van der Waals surface area contributed by atoms with Crippen LogP contribution in [0.5, 0.6) is 0 Å². The lowest BCUT2D eigenvalue weighted by atomic mass is 10.1. The maximum Gasteiger partial charge on any atom is 0.262 e. The molecule has 0 saturated heterocycles. The molecule has 0 fully saturated rings. The summed E-state index contributed by atoms with van der Waals surface area (Å²) in [5, 5.41) is 3.88. The number of nitrogens with zero attached hydrogens (tertiary/aromatic N) is 4. The summed E-state index contributed by atoms with van der Waals surface area (Å²) in [7, 11) is 0. The maximum atomic E-state index is 12.5. The maximum absolute atomic E-state index is 12.5. The molecule has 0 N–H and O–H groups in total. The Balaban J connectivity index is 1.66. The van der Waals surface area contributed by atoms with Gasteiger partial charge in [0.25, 0.3) is 11.8 Å². The lowest BCUT2D eigenvalue weighted by Crippen LogP contribution is -2.32. The fourth-order valence-corrected chi connectivity index (χ4v) is 2.67. The average Bonchev–Trinajstić information content (AvgIpc) is 3.20. The predicted octanol–water partition coefficient (Wildman–Crippen LogP) is 2.49. The third-order valence-electron chi connectivity index (χ3n) is 3.91. The molecule has 24 heavy (non-hydrogen) atoms. The fourth-order valence-electron chi connectivity index (χ4n) is 2.67. The minimum Gasteiger partial charge on any atom is -0.337 e. The number of pyridine rings is 1. The topological polar surface area (TPSA) is 89.2 Å². The molecule has 3 heterocycles. The highest BCUT2D eigenvalue weighted by Gasteiger charge is 2.40. The van der Waals surface area contributed by atoms with E-state index in [1.807, 2.05) is 6.07 Å². The zero-order valence-electron chi connectivity index (χ0n) is 12.7. The highest BCUT2D eigenvalue weighted by Crippen LogP contribution is 2.30. The molecule has 1 atom stereocenters. The third kappa shape index (κ3) is 2.10. The van der Waals surface area contributed by atoms with Crippen LogP contribution in [-0.2, 0) is 0 Å². The van der Waals surface area contributed by atoms with Crippen LogP contribution < -0.4 is 0 Å². The van der Waals surface area contributed by atoms with Gasteiger partial charge in [-0.1, -0.05) is 23.4 Å². The molecule has 0 aliphatic carbocycles. The van der Waals surface area contributed by atoms with Crippen molar-refractivity contribution in [1.29, 1.82) is 0 Å². The second-order valence-corrected chi connectivity index (χ2v) is 5.37. The standard InChI is InChI=1S/C17H12N4O3/c1-10(15-19-14(20-24-15)13-8-4-5-9-18-13)21-16(22)11-6-2-3-7-12(11)17(21)23/h2-10H,1H3/t10-/m1/s1. The van der Waals surface area contributed by atoms with Crippen molar-refractivity contribution in [2.45, 2.75) is 13.0 Å². The molecule has 7 nitrogen and oxygen atoms in total. The number of fused-ring (bicyclic) bond motifs is 1. The monoisotopic (exact) mass is 320 g/mol. The quantitative estimate of drug-likeness (QED) is 0.689. The first-order valence-electron chi connectivity index (χ1n) is 7.39. The minimum atomic E-state index is -0.664. The van der Waals surface area contributed by atoms with Gasteiger partial charge in [-0.2, -0.15) is 4.98 Å². The van der Waals surface area contributed by atoms with Gasteiger partial charge in [-0.25, -0.2) is 0 Å². The van der Waals surface area contributed by atoms with Crippen molar-refractivity contribution in [2.75, 3.05) is 0 Å². The molecule has 0 bridgehead atoms. The number of carbonyl (C=O) groups is 2. The molecular weight excluding hydrogens is 308 g/mol. The van der Waals surface area contributed by atoms with E-state index in [2.05, 4.69) is 15.1 Å². The van der Waals surface area contributed by atoms with Crippen molar-refractivity contribution < 1.29 is 14.1 Å². The third-order valence-corrected chi connectivity index (χ3v) is 3.91. The molecule has 0 spiro atoms. The molecule has 118 valence electrons. The van der Waals surface area contributed by atoms with Gasteiger partial charge >= 0.3 is 0 Å². The number of rotatable bonds is 3. The summed E-state index contributed by atoms with van der Waals surface area (Å²) in [6.07, 6.45) is 1.62.